The molecule has 5 nitrogen and oxygen atoms in total. The van der Waals surface area contributed by atoms with Gasteiger partial charge in [-0.25, -0.2) is 22.5 Å². The zero-order chi connectivity index (χ0) is 14.8. The van der Waals surface area contributed by atoms with Gasteiger partial charge in [0.1, 0.15) is 0 Å². The van der Waals surface area contributed by atoms with Crippen LogP contribution in [0.3, 0.4) is 0 Å². The standard InChI is InChI=1S/C12H20N2O3S2/c1-9(14-18(15)12(2,3)4)10-5-7-11(8-6-10)19(13,16)17/h5-9,14H,1-4H3,(H2,13,16,17)/t9-,18?/m1/s1. The molecule has 0 aliphatic carbocycles. The Morgan fingerprint density at radius 2 is 1.68 bits per heavy atom. The van der Waals surface area contributed by atoms with Gasteiger partial charge in [-0.1, -0.05) is 12.1 Å². The summed E-state index contributed by atoms with van der Waals surface area (Å²) >= 11 is 0. The molecule has 108 valence electrons. The van der Waals surface area contributed by atoms with Crippen LogP contribution in [0, 0.1) is 0 Å². The average molecular weight is 304 g/mol. The van der Waals surface area contributed by atoms with Gasteiger partial charge in [-0.05, 0) is 45.4 Å². The van der Waals surface area contributed by atoms with Crippen molar-refractivity contribution in [3.8, 4) is 0 Å². The highest BCUT2D eigenvalue weighted by molar-refractivity contribution is 7.89. The molecule has 19 heavy (non-hydrogen) atoms. The third kappa shape index (κ3) is 4.68. The van der Waals surface area contributed by atoms with Gasteiger partial charge in [-0.2, -0.15) is 0 Å². The number of primary sulfonamides is 1. The van der Waals surface area contributed by atoms with Crippen molar-refractivity contribution in [2.45, 2.75) is 43.4 Å². The molecule has 0 spiro atoms. The van der Waals surface area contributed by atoms with E-state index >= 15 is 0 Å². The van der Waals surface area contributed by atoms with Crippen LogP contribution in [0.2, 0.25) is 0 Å². The van der Waals surface area contributed by atoms with E-state index in [1.807, 2.05) is 27.7 Å². The van der Waals surface area contributed by atoms with Crippen molar-refractivity contribution in [1.29, 1.82) is 0 Å². The maximum absolute atomic E-state index is 12.0. The highest BCUT2D eigenvalue weighted by atomic mass is 32.2. The third-order valence-corrected chi connectivity index (χ3v) is 5.16. The zero-order valence-corrected chi connectivity index (χ0v) is 13.1. The number of nitrogens with two attached hydrogens (primary N) is 1. The second-order valence-electron chi connectivity index (χ2n) is 5.33. The fourth-order valence-corrected chi connectivity index (χ4v) is 2.68. The van der Waals surface area contributed by atoms with Crippen LogP contribution >= 0.6 is 0 Å². The normalized spacial score (nSPS) is 16.1. The molecular weight excluding hydrogens is 284 g/mol. The number of rotatable bonds is 4. The summed E-state index contributed by atoms with van der Waals surface area (Å²) in [5, 5.41) is 5.03. The molecule has 1 aromatic carbocycles. The van der Waals surface area contributed by atoms with Crippen LogP contribution < -0.4 is 9.86 Å². The molecule has 0 saturated carbocycles. The van der Waals surface area contributed by atoms with E-state index in [0.29, 0.717) is 0 Å². The van der Waals surface area contributed by atoms with Crippen molar-refractivity contribution >= 4 is 21.0 Å². The maximum atomic E-state index is 12.0. The van der Waals surface area contributed by atoms with Crippen molar-refractivity contribution < 1.29 is 12.6 Å². The highest BCUT2D eigenvalue weighted by Crippen LogP contribution is 2.18. The van der Waals surface area contributed by atoms with E-state index in [1.54, 1.807) is 12.1 Å². The molecule has 0 fully saturated rings. The summed E-state index contributed by atoms with van der Waals surface area (Å²) in [7, 11) is -4.86. The van der Waals surface area contributed by atoms with Gasteiger partial charge in [0, 0.05) is 6.04 Å². The molecule has 0 radical (unpaired) electrons. The van der Waals surface area contributed by atoms with Gasteiger partial charge in [0.15, 0.2) is 0 Å². The number of hydrogen-bond acceptors (Lipinski definition) is 3. The predicted molar refractivity (Wildman–Crippen MR) is 77.3 cm³/mol. The average Bonchev–Trinajstić information content (AvgIpc) is 2.26. The van der Waals surface area contributed by atoms with Crippen LogP contribution in [0.25, 0.3) is 0 Å². The summed E-state index contributed by atoms with van der Waals surface area (Å²) in [5.74, 6) is 0. The number of benzene rings is 1. The summed E-state index contributed by atoms with van der Waals surface area (Å²) in [5.41, 5.74) is 0.852. The fourth-order valence-electron chi connectivity index (χ4n) is 1.35. The lowest BCUT2D eigenvalue weighted by atomic mass is 10.1. The van der Waals surface area contributed by atoms with Gasteiger partial charge in [0.25, 0.3) is 0 Å². The Bertz CT molecular complexity index is 560. The van der Waals surface area contributed by atoms with Crippen molar-refractivity contribution in [3.63, 3.8) is 0 Å². The van der Waals surface area contributed by atoms with Crippen molar-refractivity contribution in [3.05, 3.63) is 29.8 Å². The largest absolute Gasteiger partial charge is 0.242 e. The lowest BCUT2D eigenvalue weighted by Gasteiger charge is -2.22. The molecule has 0 aliphatic heterocycles. The van der Waals surface area contributed by atoms with E-state index < -0.39 is 21.0 Å². The Morgan fingerprint density at radius 1 is 1.21 bits per heavy atom. The van der Waals surface area contributed by atoms with Crippen LogP contribution in [-0.2, 0) is 21.0 Å². The predicted octanol–water partition coefficient (Wildman–Crippen LogP) is 1.45. The smallest absolute Gasteiger partial charge is 0.238 e. The molecule has 1 unspecified atom stereocenters. The van der Waals surface area contributed by atoms with Crippen LogP contribution in [0.1, 0.15) is 39.3 Å². The number of sulfonamides is 1. The van der Waals surface area contributed by atoms with E-state index in [0.717, 1.165) is 5.56 Å². The molecule has 0 saturated heterocycles. The first kappa shape index (κ1) is 16.3. The molecule has 1 aromatic rings. The Balaban J connectivity index is 2.85. The van der Waals surface area contributed by atoms with E-state index in [9.17, 15) is 12.6 Å². The Morgan fingerprint density at radius 3 is 2.05 bits per heavy atom. The van der Waals surface area contributed by atoms with E-state index in [1.165, 1.54) is 12.1 Å². The number of hydrogen-bond donors (Lipinski definition) is 2. The Hall–Kier alpha value is -0.760. The van der Waals surface area contributed by atoms with Gasteiger partial charge in [-0.15, -0.1) is 0 Å². The Labute approximate surface area is 117 Å². The molecule has 0 amide bonds. The van der Waals surface area contributed by atoms with Crippen LogP contribution in [0.5, 0.6) is 0 Å². The molecule has 0 aromatic heterocycles. The molecule has 3 N–H and O–H groups in total. The Kier molecular flexibility index (Phi) is 4.89. The van der Waals surface area contributed by atoms with Crippen molar-refractivity contribution in [1.82, 2.24) is 4.72 Å². The topological polar surface area (TPSA) is 89.3 Å². The highest BCUT2D eigenvalue weighted by Gasteiger charge is 2.21. The lowest BCUT2D eigenvalue weighted by Crippen LogP contribution is -2.34. The summed E-state index contributed by atoms with van der Waals surface area (Å²) < 4.78 is 36.9. The molecule has 2 atom stereocenters. The maximum Gasteiger partial charge on any atom is 0.238 e. The number of nitrogens with one attached hydrogen (secondary N) is 1. The SMILES string of the molecule is C[C@@H](NS(=O)C(C)(C)C)c1ccc(S(N)(=O)=O)cc1. The van der Waals surface area contributed by atoms with Gasteiger partial charge >= 0.3 is 0 Å². The minimum atomic E-state index is -3.67. The zero-order valence-electron chi connectivity index (χ0n) is 11.5. The first-order valence-electron chi connectivity index (χ1n) is 5.82. The third-order valence-electron chi connectivity index (χ3n) is 2.55. The summed E-state index contributed by atoms with van der Waals surface area (Å²) in [6.45, 7) is 7.52. The lowest BCUT2D eigenvalue weighted by molar-refractivity contribution is 0.597. The molecule has 7 heteroatoms. The van der Waals surface area contributed by atoms with E-state index in [4.69, 9.17) is 5.14 Å². The fraction of sp³-hybridized carbons (Fsp3) is 0.500. The molecule has 0 aliphatic rings. The monoisotopic (exact) mass is 304 g/mol. The van der Waals surface area contributed by atoms with Gasteiger partial charge in [0.05, 0.1) is 20.6 Å². The second-order valence-corrected chi connectivity index (χ2v) is 8.89. The molecule has 0 heterocycles. The van der Waals surface area contributed by atoms with Gasteiger partial charge in [-0.3, -0.25) is 0 Å². The quantitative estimate of drug-likeness (QED) is 0.882. The molecule has 0 bridgehead atoms. The van der Waals surface area contributed by atoms with Crippen LogP contribution in [-0.4, -0.2) is 17.4 Å². The van der Waals surface area contributed by atoms with Crippen LogP contribution in [0.15, 0.2) is 29.2 Å². The summed E-state index contributed by atoms with van der Waals surface area (Å²) in [6.07, 6.45) is 0. The first-order valence-corrected chi connectivity index (χ1v) is 8.52. The van der Waals surface area contributed by atoms with Crippen molar-refractivity contribution in [2.24, 2.45) is 5.14 Å². The first-order chi connectivity index (χ1) is 8.51. The minimum absolute atomic E-state index is 0.0698. The van der Waals surface area contributed by atoms with Crippen LogP contribution in [0.4, 0.5) is 0 Å². The van der Waals surface area contributed by atoms with Crippen molar-refractivity contribution in [2.75, 3.05) is 0 Å². The van der Waals surface area contributed by atoms with E-state index in [2.05, 4.69) is 4.72 Å². The summed E-state index contributed by atoms with van der Waals surface area (Å²) in [4.78, 5) is 0.0698. The van der Waals surface area contributed by atoms with E-state index in [-0.39, 0.29) is 15.7 Å². The molecular formula is C12H20N2O3S2. The molecule has 1 rings (SSSR count). The summed E-state index contributed by atoms with van der Waals surface area (Å²) in [6, 6.07) is 6.08. The minimum Gasteiger partial charge on any atom is -0.242 e. The van der Waals surface area contributed by atoms with Gasteiger partial charge in [0.2, 0.25) is 10.0 Å². The van der Waals surface area contributed by atoms with Gasteiger partial charge < -0.3 is 0 Å². The second kappa shape index (κ2) is 5.70.